The Morgan fingerprint density at radius 2 is 1.70 bits per heavy atom. The summed E-state index contributed by atoms with van der Waals surface area (Å²) in [7, 11) is 2.95. The van der Waals surface area contributed by atoms with E-state index in [4.69, 9.17) is 26.4 Å². The quantitative estimate of drug-likeness (QED) is 0.336. The van der Waals surface area contributed by atoms with E-state index in [-0.39, 0.29) is 16.2 Å². The third-order valence-electron chi connectivity index (χ3n) is 4.12. The Hall–Kier alpha value is -3.42. The van der Waals surface area contributed by atoms with Crippen molar-refractivity contribution in [3.63, 3.8) is 0 Å². The molecule has 0 saturated carbocycles. The Morgan fingerprint density at radius 1 is 1.07 bits per heavy atom. The molecule has 8 heteroatoms. The van der Waals surface area contributed by atoms with Crippen molar-refractivity contribution < 1.29 is 19.3 Å². The lowest BCUT2D eigenvalue weighted by Gasteiger charge is -2.12. The van der Waals surface area contributed by atoms with E-state index in [1.54, 1.807) is 24.3 Å². The molecule has 0 bridgehead atoms. The van der Waals surface area contributed by atoms with Crippen LogP contribution in [0.3, 0.4) is 0 Å². The third kappa shape index (κ3) is 4.94. The molecule has 2 aromatic carbocycles. The molecular formula is C22H20N2O5S. The van der Waals surface area contributed by atoms with Gasteiger partial charge >= 0.3 is 0 Å². The minimum Gasteiger partial charge on any atom is -0.494 e. The zero-order chi connectivity index (χ0) is 21.5. The number of nitrogens with one attached hydrogen (secondary N) is 1. The van der Waals surface area contributed by atoms with Gasteiger partial charge in [-0.2, -0.15) is 0 Å². The van der Waals surface area contributed by atoms with Crippen LogP contribution in [-0.4, -0.2) is 35.2 Å². The van der Waals surface area contributed by atoms with E-state index in [1.165, 1.54) is 30.9 Å². The van der Waals surface area contributed by atoms with Crippen LogP contribution in [0.15, 0.2) is 71.2 Å². The zero-order valence-corrected chi connectivity index (χ0v) is 17.2. The molecule has 0 radical (unpaired) electrons. The van der Waals surface area contributed by atoms with Gasteiger partial charge in [0.2, 0.25) is 5.88 Å². The normalized spacial score (nSPS) is 10.5. The smallest absolute Gasteiger partial charge is 0.263 e. The van der Waals surface area contributed by atoms with Crippen LogP contribution in [0.1, 0.15) is 5.56 Å². The molecule has 0 aliphatic heterocycles. The summed E-state index contributed by atoms with van der Waals surface area (Å²) in [6, 6.07) is 16.3. The van der Waals surface area contributed by atoms with Crippen LogP contribution in [0.2, 0.25) is 0 Å². The van der Waals surface area contributed by atoms with Crippen molar-refractivity contribution in [1.82, 2.24) is 9.55 Å². The lowest BCUT2D eigenvalue weighted by molar-refractivity contribution is -0.0664. The number of nitrogens with zero attached hydrogens (tertiary/aromatic N) is 1. The Kier molecular flexibility index (Phi) is 7.00. The second-order valence-electron chi connectivity index (χ2n) is 6.06. The molecule has 0 spiro atoms. The standard InChI is InChI=1S/C22H20N2O5S/c1-27-19(28-2)10-6-9-18-20(25)23-22(30)24(21(18)26)15-11-13-17(14-12-15)29-16-7-4-3-5-8-16/h3-5,7-14,19,26H,1-2H3,(H,23,25,30). The largest absolute Gasteiger partial charge is 0.494 e. The van der Waals surface area contributed by atoms with Gasteiger partial charge in [0, 0.05) is 20.3 Å². The molecule has 7 nitrogen and oxygen atoms in total. The first-order valence-electron chi connectivity index (χ1n) is 8.93. The predicted molar refractivity (Wildman–Crippen MR) is 116 cm³/mol. The molecule has 0 fully saturated rings. The molecule has 0 saturated heterocycles. The van der Waals surface area contributed by atoms with Crippen molar-refractivity contribution in [2.75, 3.05) is 14.2 Å². The molecule has 0 atom stereocenters. The van der Waals surface area contributed by atoms with Crippen molar-refractivity contribution in [2.45, 2.75) is 6.29 Å². The van der Waals surface area contributed by atoms with Crippen LogP contribution in [0.5, 0.6) is 17.4 Å². The molecule has 0 aliphatic rings. The molecule has 0 aliphatic carbocycles. The molecule has 30 heavy (non-hydrogen) atoms. The number of benzene rings is 2. The first-order valence-corrected chi connectivity index (χ1v) is 9.34. The number of para-hydroxylation sites is 1. The molecular weight excluding hydrogens is 404 g/mol. The van der Waals surface area contributed by atoms with Gasteiger partial charge in [0.25, 0.3) is 5.56 Å². The average molecular weight is 424 g/mol. The minimum atomic E-state index is -0.620. The van der Waals surface area contributed by atoms with E-state index in [2.05, 4.69) is 10.7 Å². The van der Waals surface area contributed by atoms with Gasteiger partial charge in [-0.1, -0.05) is 18.2 Å². The number of H-pyrrole nitrogens is 1. The average Bonchev–Trinajstić information content (AvgIpc) is 2.75. The van der Waals surface area contributed by atoms with Crippen LogP contribution in [0.25, 0.3) is 11.8 Å². The van der Waals surface area contributed by atoms with E-state index in [9.17, 15) is 9.90 Å². The van der Waals surface area contributed by atoms with Crippen molar-refractivity contribution in [3.8, 4) is 23.1 Å². The fourth-order valence-corrected chi connectivity index (χ4v) is 2.92. The van der Waals surface area contributed by atoms with Crippen LogP contribution >= 0.6 is 12.2 Å². The van der Waals surface area contributed by atoms with Gasteiger partial charge < -0.3 is 19.3 Å². The Bertz CT molecular complexity index is 1170. The molecule has 2 N–H and O–H groups in total. The van der Waals surface area contributed by atoms with Gasteiger partial charge in [-0.25, -0.2) is 0 Å². The highest BCUT2D eigenvalue weighted by Crippen LogP contribution is 2.25. The predicted octanol–water partition coefficient (Wildman–Crippen LogP) is 4.18. The van der Waals surface area contributed by atoms with Crippen molar-refractivity contribution in [3.05, 3.63) is 87.1 Å². The summed E-state index contributed by atoms with van der Waals surface area (Å²) in [6.45, 7) is 0. The maximum absolute atomic E-state index is 12.3. The van der Waals surface area contributed by atoms with Gasteiger partial charge in [-0.3, -0.25) is 14.3 Å². The highest BCUT2D eigenvalue weighted by molar-refractivity contribution is 7.71. The SMILES string of the molecule is COC(C=C=Cc1c(O)n(-c2ccc(Oc3ccccc3)cc2)c(=S)[nH]c1=O)OC. The van der Waals surface area contributed by atoms with E-state index in [0.717, 1.165) is 0 Å². The van der Waals surface area contributed by atoms with E-state index < -0.39 is 11.8 Å². The monoisotopic (exact) mass is 424 g/mol. The maximum atomic E-state index is 12.3. The van der Waals surface area contributed by atoms with Crippen LogP contribution in [0.4, 0.5) is 0 Å². The van der Waals surface area contributed by atoms with Gasteiger partial charge in [0.05, 0.1) is 5.69 Å². The third-order valence-corrected chi connectivity index (χ3v) is 4.40. The molecule has 0 amide bonds. The number of aromatic nitrogens is 2. The summed E-state index contributed by atoms with van der Waals surface area (Å²) in [6.07, 6.45) is 2.18. The van der Waals surface area contributed by atoms with Crippen molar-refractivity contribution in [1.29, 1.82) is 0 Å². The van der Waals surface area contributed by atoms with Crippen LogP contribution in [0, 0.1) is 4.77 Å². The number of methoxy groups -OCH3 is 2. The lowest BCUT2D eigenvalue weighted by atomic mass is 10.2. The Balaban J connectivity index is 1.95. The van der Waals surface area contributed by atoms with Crippen molar-refractivity contribution >= 4 is 18.3 Å². The second-order valence-corrected chi connectivity index (χ2v) is 6.45. The van der Waals surface area contributed by atoms with E-state index in [0.29, 0.717) is 17.2 Å². The lowest BCUT2D eigenvalue weighted by Crippen LogP contribution is -2.15. The fourth-order valence-electron chi connectivity index (χ4n) is 2.64. The number of aromatic amines is 1. The summed E-state index contributed by atoms with van der Waals surface area (Å²) in [5.41, 5.74) is 2.79. The molecule has 1 heterocycles. The summed E-state index contributed by atoms with van der Waals surface area (Å²) in [4.78, 5) is 14.8. The molecule has 3 rings (SSSR count). The number of aromatic hydroxyl groups is 1. The Morgan fingerprint density at radius 3 is 2.33 bits per heavy atom. The number of ether oxygens (including phenoxy) is 3. The zero-order valence-electron chi connectivity index (χ0n) is 16.4. The van der Waals surface area contributed by atoms with E-state index in [1.807, 2.05) is 30.3 Å². The van der Waals surface area contributed by atoms with Gasteiger partial charge in [0.1, 0.15) is 17.1 Å². The topological polar surface area (TPSA) is 85.7 Å². The van der Waals surface area contributed by atoms with Crippen LogP contribution < -0.4 is 10.3 Å². The first kappa shape index (κ1) is 21.3. The minimum absolute atomic E-state index is 0.00424. The van der Waals surface area contributed by atoms with Crippen molar-refractivity contribution in [2.24, 2.45) is 0 Å². The van der Waals surface area contributed by atoms with Gasteiger partial charge in [0.15, 0.2) is 11.1 Å². The molecule has 154 valence electrons. The Labute approximate surface area is 178 Å². The van der Waals surface area contributed by atoms with Gasteiger partial charge in [-0.15, -0.1) is 5.73 Å². The van der Waals surface area contributed by atoms with Crippen LogP contribution in [-0.2, 0) is 9.47 Å². The first-order chi connectivity index (χ1) is 14.5. The van der Waals surface area contributed by atoms with Gasteiger partial charge in [-0.05, 0) is 54.7 Å². The number of hydrogen-bond donors (Lipinski definition) is 2. The highest BCUT2D eigenvalue weighted by Gasteiger charge is 2.12. The number of rotatable bonds is 7. The highest BCUT2D eigenvalue weighted by atomic mass is 32.1. The molecule has 1 aromatic heterocycles. The second kappa shape index (κ2) is 9.87. The fraction of sp³-hybridized carbons (Fsp3) is 0.136. The van der Waals surface area contributed by atoms with E-state index >= 15 is 0 Å². The number of hydrogen-bond acceptors (Lipinski definition) is 6. The molecule has 0 unspecified atom stereocenters. The summed E-state index contributed by atoms with van der Waals surface area (Å²) >= 11 is 5.23. The summed E-state index contributed by atoms with van der Waals surface area (Å²) in [5.74, 6) is 1.01. The molecule has 3 aromatic rings. The summed E-state index contributed by atoms with van der Waals surface area (Å²) < 4.78 is 17.2. The maximum Gasteiger partial charge on any atom is 0.263 e. The summed E-state index contributed by atoms with van der Waals surface area (Å²) in [5, 5.41) is 10.7.